The fraction of sp³-hybridized carbons (Fsp3) is 1.00. The van der Waals surface area contributed by atoms with Crippen molar-refractivity contribution in [1.82, 2.24) is 0 Å². The van der Waals surface area contributed by atoms with Gasteiger partial charge >= 0.3 is 0 Å². The van der Waals surface area contributed by atoms with Crippen LogP contribution in [0.25, 0.3) is 0 Å². The van der Waals surface area contributed by atoms with E-state index in [9.17, 15) is 10.2 Å². The highest BCUT2D eigenvalue weighted by atomic mass is 16.3. The van der Waals surface area contributed by atoms with Gasteiger partial charge in [-0.15, -0.1) is 0 Å². The Labute approximate surface area is 73.6 Å². The Morgan fingerprint density at radius 3 is 2.00 bits per heavy atom. The highest BCUT2D eigenvalue weighted by Gasteiger charge is 2.64. The molecule has 0 aromatic heterocycles. The first-order valence-corrected chi connectivity index (χ1v) is 4.76. The second-order valence-electron chi connectivity index (χ2n) is 5.27. The van der Waals surface area contributed by atoms with E-state index in [4.69, 9.17) is 0 Å². The first kappa shape index (κ1) is 8.52. The Morgan fingerprint density at radius 2 is 1.75 bits per heavy atom. The molecule has 0 aromatic rings. The lowest BCUT2D eigenvalue weighted by Gasteiger charge is -2.36. The lowest BCUT2D eigenvalue weighted by molar-refractivity contribution is -0.00727. The fourth-order valence-corrected chi connectivity index (χ4v) is 3.26. The summed E-state index contributed by atoms with van der Waals surface area (Å²) >= 11 is 0. The molecular formula is C10H18O2. The molecule has 0 unspecified atom stereocenters. The predicted octanol–water partition coefficient (Wildman–Crippen LogP) is 1.16. The Morgan fingerprint density at radius 1 is 1.17 bits per heavy atom. The smallest absolute Gasteiger partial charge is 0.0603 e. The minimum atomic E-state index is -0.208. The van der Waals surface area contributed by atoms with E-state index in [2.05, 4.69) is 20.8 Å². The van der Waals surface area contributed by atoms with Crippen molar-refractivity contribution in [3.8, 4) is 0 Å². The summed E-state index contributed by atoms with van der Waals surface area (Å²) in [5.74, 6) is 0.303. The van der Waals surface area contributed by atoms with Gasteiger partial charge in [-0.2, -0.15) is 0 Å². The quantitative estimate of drug-likeness (QED) is 0.573. The summed E-state index contributed by atoms with van der Waals surface area (Å²) in [5.41, 5.74) is 0.0446. The molecule has 0 heterocycles. The molecule has 0 amide bonds. The molecule has 70 valence electrons. The summed E-state index contributed by atoms with van der Waals surface area (Å²) < 4.78 is 0. The number of rotatable bonds is 0. The molecule has 2 heteroatoms. The summed E-state index contributed by atoms with van der Waals surface area (Å²) in [6, 6.07) is 0. The van der Waals surface area contributed by atoms with Gasteiger partial charge in [-0.05, 0) is 24.2 Å². The third-order valence-corrected chi connectivity index (χ3v) is 4.71. The molecule has 2 N–H and O–H groups in total. The maximum Gasteiger partial charge on any atom is 0.0603 e. The largest absolute Gasteiger partial charge is 0.393 e. The van der Waals surface area contributed by atoms with E-state index in [-0.39, 0.29) is 23.0 Å². The minimum Gasteiger partial charge on any atom is -0.393 e. The Hall–Kier alpha value is -0.0800. The van der Waals surface area contributed by atoms with Crippen molar-refractivity contribution in [2.45, 2.75) is 45.8 Å². The summed E-state index contributed by atoms with van der Waals surface area (Å²) in [5, 5.41) is 19.5. The third kappa shape index (κ3) is 0.686. The normalized spacial score (nSPS) is 56.2. The van der Waals surface area contributed by atoms with Gasteiger partial charge in [-0.1, -0.05) is 20.8 Å². The molecule has 0 radical (unpaired) electrons. The van der Waals surface area contributed by atoms with Crippen LogP contribution in [-0.2, 0) is 0 Å². The summed E-state index contributed by atoms with van der Waals surface area (Å²) in [6.45, 7) is 6.45. The van der Waals surface area contributed by atoms with E-state index in [1.165, 1.54) is 0 Å². The average molecular weight is 170 g/mol. The highest BCUT2D eigenvalue weighted by molar-refractivity contribution is 5.13. The van der Waals surface area contributed by atoms with Gasteiger partial charge in [0.2, 0.25) is 0 Å². The first-order chi connectivity index (χ1) is 5.39. The van der Waals surface area contributed by atoms with Crippen molar-refractivity contribution >= 4 is 0 Å². The van der Waals surface area contributed by atoms with Crippen LogP contribution in [0.15, 0.2) is 0 Å². The summed E-state index contributed by atoms with van der Waals surface area (Å²) in [7, 11) is 0. The van der Waals surface area contributed by atoms with Gasteiger partial charge in [0.25, 0.3) is 0 Å². The molecule has 2 rings (SSSR count). The SMILES string of the molecule is CC1(C)[C@H]2C[C@@H](O)[C@@]1(C)C[C@@H]2O. The van der Waals surface area contributed by atoms with Crippen LogP contribution in [0.4, 0.5) is 0 Å². The molecule has 4 atom stereocenters. The van der Waals surface area contributed by atoms with E-state index in [1.807, 2.05) is 0 Å². The molecule has 2 saturated carbocycles. The van der Waals surface area contributed by atoms with Gasteiger partial charge in [-0.25, -0.2) is 0 Å². The van der Waals surface area contributed by atoms with Gasteiger partial charge in [-0.3, -0.25) is 0 Å². The number of hydrogen-bond donors (Lipinski definition) is 2. The van der Waals surface area contributed by atoms with Crippen molar-refractivity contribution in [3.63, 3.8) is 0 Å². The van der Waals surface area contributed by atoms with Crippen LogP contribution in [0.2, 0.25) is 0 Å². The van der Waals surface area contributed by atoms with Crippen molar-refractivity contribution < 1.29 is 10.2 Å². The minimum absolute atomic E-state index is 0.0584. The second-order valence-corrected chi connectivity index (χ2v) is 5.27. The molecule has 0 saturated heterocycles. The van der Waals surface area contributed by atoms with E-state index >= 15 is 0 Å². The van der Waals surface area contributed by atoms with Crippen LogP contribution in [0.1, 0.15) is 33.6 Å². The number of aliphatic hydroxyl groups excluding tert-OH is 2. The zero-order chi connectivity index (χ0) is 9.15. The average Bonchev–Trinajstić information content (AvgIpc) is 2.18. The lowest BCUT2D eigenvalue weighted by atomic mass is 9.70. The zero-order valence-electron chi connectivity index (χ0n) is 8.04. The first-order valence-electron chi connectivity index (χ1n) is 4.76. The maximum atomic E-state index is 9.82. The highest BCUT2D eigenvalue weighted by Crippen LogP contribution is 2.65. The summed E-state index contributed by atoms with van der Waals surface area (Å²) in [4.78, 5) is 0. The van der Waals surface area contributed by atoms with E-state index in [0.717, 1.165) is 12.8 Å². The van der Waals surface area contributed by atoms with Crippen LogP contribution in [-0.4, -0.2) is 22.4 Å². The molecule has 2 aliphatic carbocycles. The van der Waals surface area contributed by atoms with Crippen LogP contribution < -0.4 is 0 Å². The monoisotopic (exact) mass is 170 g/mol. The van der Waals surface area contributed by atoms with Crippen molar-refractivity contribution in [1.29, 1.82) is 0 Å². The van der Waals surface area contributed by atoms with Gasteiger partial charge in [0.05, 0.1) is 12.2 Å². The van der Waals surface area contributed by atoms with Crippen molar-refractivity contribution in [2.24, 2.45) is 16.7 Å². The van der Waals surface area contributed by atoms with Gasteiger partial charge in [0.1, 0.15) is 0 Å². The fourth-order valence-electron chi connectivity index (χ4n) is 3.26. The van der Waals surface area contributed by atoms with Crippen LogP contribution in [0.5, 0.6) is 0 Å². The molecule has 2 bridgehead atoms. The molecule has 0 spiro atoms. The molecule has 0 aromatic carbocycles. The van der Waals surface area contributed by atoms with Crippen LogP contribution in [0, 0.1) is 16.7 Å². The number of hydrogen-bond acceptors (Lipinski definition) is 2. The van der Waals surface area contributed by atoms with Crippen LogP contribution >= 0.6 is 0 Å². The van der Waals surface area contributed by atoms with E-state index in [1.54, 1.807) is 0 Å². The molecular weight excluding hydrogens is 152 g/mol. The topological polar surface area (TPSA) is 40.5 Å². The van der Waals surface area contributed by atoms with Gasteiger partial charge in [0, 0.05) is 5.41 Å². The Kier molecular flexibility index (Phi) is 1.45. The standard InChI is InChI=1S/C10H18O2/c1-9(2)6-4-8(12)10(9,3)5-7(6)11/h6-8,11-12H,4-5H2,1-3H3/t6-,7-,8+,10+/m0/s1. The maximum absolute atomic E-state index is 9.82. The van der Waals surface area contributed by atoms with Crippen molar-refractivity contribution in [2.75, 3.05) is 0 Å². The van der Waals surface area contributed by atoms with Gasteiger partial charge < -0.3 is 10.2 Å². The Bertz CT molecular complexity index is 212. The van der Waals surface area contributed by atoms with Crippen LogP contribution in [0.3, 0.4) is 0 Å². The zero-order valence-corrected chi connectivity index (χ0v) is 8.04. The van der Waals surface area contributed by atoms with E-state index < -0.39 is 0 Å². The number of fused-ring (bicyclic) bond motifs is 2. The predicted molar refractivity (Wildman–Crippen MR) is 46.6 cm³/mol. The number of aliphatic hydroxyl groups is 2. The van der Waals surface area contributed by atoms with Gasteiger partial charge in [0.15, 0.2) is 0 Å². The van der Waals surface area contributed by atoms with E-state index in [0.29, 0.717) is 5.92 Å². The third-order valence-electron chi connectivity index (χ3n) is 4.71. The molecule has 2 nitrogen and oxygen atoms in total. The Balaban J connectivity index is 2.41. The summed E-state index contributed by atoms with van der Waals surface area (Å²) in [6.07, 6.45) is 1.16. The molecule has 0 aliphatic heterocycles. The molecule has 2 aliphatic rings. The molecule has 12 heavy (non-hydrogen) atoms. The second kappa shape index (κ2) is 2.05. The molecule has 2 fully saturated rings. The lowest BCUT2D eigenvalue weighted by Crippen LogP contribution is -2.36. The van der Waals surface area contributed by atoms with Crippen molar-refractivity contribution in [3.05, 3.63) is 0 Å².